The van der Waals surface area contributed by atoms with E-state index < -0.39 is 0 Å². The van der Waals surface area contributed by atoms with Crippen molar-refractivity contribution in [2.75, 3.05) is 31.7 Å². The third kappa shape index (κ3) is 3.91. The smallest absolute Gasteiger partial charge is 0.325 e. The van der Waals surface area contributed by atoms with Gasteiger partial charge < -0.3 is 14.4 Å². The van der Waals surface area contributed by atoms with Gasteiger partial charge in [0.15, 0.2) is 11.6 Å². The maximum atomic E-state index is 11.4. The maximum absolute atomic E-state index is 11.4. The van der Waals surface area contributed by atoms with Crippen LogP contribution in [-0.4, -0.2) is 37.8 Å². The van der Waals surface area contributed by atoms with E-state index in [-0.39, 0.29) is 12.5 Å². The number of rotatable bonds is 7. The van der Waals surface area contributed by atoms with Crippen molar-refractivity contribution in [3.05, 3.63) is 18.3 Å². The fourth-order valence-corrected chi connectivity index (χ4v) is 1.64. The SMILES string of the molecule is CCCN(CC(=O)OC)c1ncccc1OCC. The number of hydrogen-bond acceptors (Lipinski definition) is 5. The van der Waals surface area contributed by atoms with E-state index in [1.54, 1.807) is 6.20 Å². The second-order valence-electron chi connectivity index (χ2n) is 3.76. The molecule has 0 radical (unpaired) electrons. The Kier molecular flexibility index (Phi) is 5.97. The Labute approximate surface area is 108 Å². The highest BCUT2D eigenvalue weighted by molar-refractivity contribution is 5.76. The molecule has 0 aliphatic carbocycles. The first kappa shape index (κ1) is 14.3. The highest BCUT2D eigenvalue weighted by Gasteiger charge is 2.16. The number of hydrogen-bond donors (Lipinski definition) is 0. The summed E-state index contributed by atoms with van der Waals surface area (Å²) < 4.78 is 10.2. The quantitative estimate of drug-likeness (QED) is 0.693. The van der Waals surface area contributed by atoms with Gasteiger partial charge in [0.25, 0.3) is 0 Å². The summed E-state index contributed by atoms with van der Waals surface area (Å²) in [6, 6.07) is 3.67. The van der Waals surface area contributed by atoms with Gasteiger partial charge in [0.05, 0.1) is 13.7 Å². The predicted molar refractivity (Wildman–Crippen MR) is 69.9 cm³/mol. The van der Waals surface area contributed by atoms with Crippen molar-refractivity contribution >= 4 is 11.8 Å². The summed E-state index contributed by atoms with van der Waals surface area (Å²) in [6.07, 6.45) is 2.61. The Morgan fingerprint density at radius 3 is 2.83 bits per heavy atom. The Balaban J connectivity index is 2.93. The standard InChI is InChI=1S/C13H20N2O3/c1-4-9-15(10-12(16)17-3)13-11(18-5-2)7-6-8-14-13/h6-8H,4-5,9-10H2,1-3H3. The molecule has 0 bridgehead atoms. The van der Waals surface area contributed by atoms with Crippen molar-refractivity contribution < 1.29 is 14.3 Å². The molecule has 0 saturated carbocycles. The molecular formula is C13H20N2O3. The van der Waals surface area contributed by atoms with Crippen molar-refractivity contribution in [2.45, 2.75) is 20.3 Å². The lowest BCUT2D eigenvalue weighted by atomic mass is 10.3. The van der Waals surface area contributed by atoms with Crippen LogP contribution in [0.1, 0.15) is 20.3 Å². The van der Waals surface area contributed by atoms with E-state index in [1.165, 1.54) is 7.11 Å². The van der Waals surface area contributed by atoms with Gasteiger partial charge >= 0.3 is 5.97 Å². The lowest BCUT2D eigenvalue weighted by Gasteiger charge is -2.23. The number of carbonyl (C=O) groups is 1. The molecule has 0 aliphatic heterocycles. The van der Waals surface area contributed by atoms with Gasteiger partial charge in [0.2, 0.25) is 0 Å². The number of anilines is 1. The summed E-state index contributed by atoms with van der Waals surface area (Å²) in [7, 11) is 1.38. The molecule has 1 rings (SSSR count). The lowest BCUT2D eigenvalue weighted by Crippen LogP contribution is -2.32. The van der Waals surface area contributed by atoms with Crippen molar-refractivity contribution in [3.8, 4) is 5.75 Å². The number of nitrogens with zero attached hydrogens (tertiary/aromatic N) is 2. The zero-order valence-electron chi connectivity index (χ0n) is 11.2. The van der Waals surface area contributed by atoms with Gasteiger partial charge in [-0.2, -0.15) is 0 Å². The van der Waals surface area contributed by atoms with Gasteiger partial charge in [-0.25, -0.2) is 4.98 Å². The van der Waals surface area contributed by atoms with E-state index in [0.717, 1.165) is 13.0 Å². The molecule has 0 aromatic carbocycles. The van der Waals surface area contributed by atoms with Crippen LogP contribution in [0.4, 0.5) is 5.82 Å². The summed E-state index contributed by atoms with van der Waals surface area (Å²) in [5.74, 6) is 1.10. The van der Waals surface area contributed by atoms with Gasteiger partial charge in [0.1, 0.15) is 6.54 Å². The monoisotopic (exact) mass is 252 g/mol. The molecule has 18 heavy (non-hydrogen) atoms. The topological polar surface area (TPSA) is 51.7 Å². The highest BCUT2D eigenvalue weighted by Crippen LogP contribution is 2.25. The summed E-state index contributed by atoms with van der Waals surface area (Å²) in [4.78, 5) is 17.6. The van der Waals surface area contributed by atoms with Gasteiger partial charge in [-0.1, -0.05) is 6.92 Å². The minimum absolute atomic E-state index is 0.182. The Morgan fingerprint density at radius 2 is 2.22 bits per heavy atom. The number of pyridine rings is 1. The molecule has 0 N–H and O–H groups in total. The van der Waals surface area contributed by atoms with Crippen LogP contribution in [0.25, 0.3) is 0 Å². The molecule has 1 aromatic rings. The average Bonchev–Trinajstić information content (AvgIpc) is 2.39. The van der Waals surface area contributed by atoms with Crippen LogP contribution < -0.4 is 9.64 Å². The Hall–Kier alpha value is -1.78. The third-order valence-corrected chi connectivity index (χ3v) is 2.39. The Morgan fingerprint density at radius 1 is 1.44 bits per heavy atom. The summed E-state index contributed by atoms with van der Waals surface area (Å²) in [5, 5.41) is 0. The second kappa shape index (κ2) is 7.53. The number of aromatic nitrogens is 1. The van der Waals surface area contributed by atoms with Crippen LogP contribution in [0.3, 0.4) is 0 Å². The number of methoxy groups -OCH3 is 1. The highest BCUT2D eigenvalue weighted by atomic mass is 16.5. The van der Waals surface area contributed by atoms with Crippen molar-refractivity contribution in [2.24, 2.45) is 0 Å². The zero-order valence-corrected chi connectivity index (χ0v) is 11.2. The molecular weight excluding hydrogens is 232 g/mol. The Bertz CT molecular complexity index is 382. The molecule has 5 nitrogen and oxygen atoms in total. The van der Waals surface area contributed by atoms with Gasteiger partial charge in [-0.3, -0.25) is 4.79 Å². The van der Waals surface area contributed by atoms with Crippen molar-refractivity contribution in [1.29, 1.82) is 0 Å². The molecule has 0 atom stereocenters. The van der Waals surface area contributed by atoms with E-state index in [4.69, 9.17) is 9.47 Å². The van der Waals surface area contributed by atoms with Crippen LogP contribution in [0.5, 0.6) is 5.75 Å². The van der Waals surface area contributed by atoms with E-state index in [0.29, 0.717) is 18.2 Å². The summed E-state index contributed by atoms with van der Waals surface area (Å²) in [5.41, 5.74) is 0. The number of carbonyl (C=O) groups excluding carboxylic acids is 1. The molecule has 100 valence electrons. The van der Waals surface area contributed by atoms with E-state index in [1.807, 2.05) is 30.9 Å². The van der Waals surface area contributed by atoms with Crippen LogP contribution in [0, 0.1) is 0 Å². The fourth-order valence-electron chi connectivity index (χ4n) is 1.64. The largest absolute Gasteiger partial charge is 0.490 e. The van der Waals surface area contributed by atoms with Gasteiger partial charge in [0, 0.05) is 12.7 Å². The third-order valence-electron chi connectivity index (χ3n) is 2.39. The molecule has 1 heterocycles. The first-order valence-corrected chi connectivity index (χ1v) is 6.12. The summed E-state index contributed by atoms with van der Waals surface area (Å²) in [6.45, 7) is 5.44. The first-order chi connectivity index (χ1) is 8.72. The zero-order chi connectivity index (χ0) is 13.4. The average molecular weight is 252 g/mol. The van der Waals surface area contributed by atoms with Crippen molar-refractivity contribution in [3.63, 3.8) is 0 Å². The normalized spacial score (nSPS) is 9.94. The minimum atomic E-state index is -0.281. The molecule has 0 aliphatic rings. The van der Waals surface area contributed by atoms with Crippen LogP contribution in [0.2, 0.25) is 0 Å². The molecule has 0 unspecified atom stereocenters. The minimum Gasteiger partial charge on any atom is -0.490 e. The summed E-state index contributed by atoms with van der Waals surface area (Å²) >= 11 is 0. The predicted octanol–water partition coefficient (Wildman–Crippen LogP) is 1.87. The molecule has 5 heteroatoms. The van der Waals surface area contributed by atoms with E-state index in [2.05, 4.69) is 4.98 Å². The molecule has 0 spiro atoms. The van der Waals surface area contributed by atoms with Crippen LogP contribution in [0.15, 0.2) is 18.3 Å². The van der Waals surface area contributed by atoms with Gasteiger partial charge in [-0.15, -0.1) is 0 Å². The van der Waals surface area contributed by atoms with E-state index >= 15 is 0 Å². The second-order valence-corrected chi connectivity index (χ2v) is 3.76. The van der Waals surface area contributed by atoms with Crippen LogP contribution in [-0.2, 0) is 9.53 Å². The molecule has 1 aromatic heterocycles. The van der Waals surface area contributed by atoms with Crippen LogP contribution >= 0.6 is 0 Å². The van der Waals surface area contributed by atoms with E-state index in [9.17, 15) is 4.79 Å². The number of esters is 1. The first-order valence-electron chi connectivity index (χ1n) is 6.12. The van der Waals surface area contributed by atoms with Gasteiger partial charge in [-0.05, 0) is 25.5 Å². The molecule has 0 fully saturated rings. The molecule has 0 amide bonds. The fraction of sp³-hybridized carbons (Fsp3) is 0.538. The lowest BCUT2D eigenvalue weighted by molar-refractivity contribution is -0.138. The maximum Gasteiger partial charge on any atom is 0.325 e. The van der Waals surface area contributed by atoms with Crippen molar-refractivity contribution in [1.82, 2.24) is 4.98 Å². The number of ether oxygens (including phenoxy) is 2. The molecule has 0 saturated heterocycles.